The van der Waals surface area contributed by atoms with Gasteiger partial charge >= 0.3 is 0 Å². The van der Waals surface area contributed by atoms with Crippen molar-refractivity contribution in [2.24, 2.45) is 0 Å². The van der Waals surface area contributed by atoms with Crippen LogP contribution in [0.25, 0.3) is 22.1 Å². The van der Waals surface area contributed by atoms with Crippen LogP contribution in [0.3, 0.4) is 0 Å². The first kappa shape index (κ1) is 23.2. The molecule has 2 aromatic carbocycles. The Kier molecular flexibility index (Phi) is 6.75. The molecule has 0 fully saturated rings. The van der Waals surface area contributed by atoms with Crippen molar-refractivity contribution in [2.75, 3.05) is 7.11 Å². The van der Waals surface area contributed by atoms with E-state index in [1.54, 1.807) is 19.1 Å². The number of rotatable bonds is 7. The molecule has 0 aliphatic rings. The fourth-order valence-corrected chi connectivity index (χ4v) is 3.56. The zero-order valence-corrected chi connectivity index (χ0v) is 18.7. The molecule has 3 N–H and O–H groups in total. The van der Waals surface area contributed by atoms with E-state index in [0.717, 1.165) is 5.57 Å². The van der Waals surface area contributed by atoms with Crippen LogP contribution < -0.4 is 10.2 Å². The van der Waals surface area contributed by atoms with E-state index in [-0.39, 0.29) is 40.1 Å². The SMILES string of the molecule is C=C(C)C(O)Cc1c(O)c(CC=C(C)C)c(OC)c2c(=O)c(-c3ccc(O)cc3)coc12. The Morgan fingerprint density at radius 3 is 2.38 bits per heavy atom. The summed E-state index contributed by atoms with van der Waals surface area (Å²) < 4.78 is 11.5. The second-order valence-electron chi connectivity index (χ2n) is 8.12. The van der Waals surface area contributed by atoms with Gasteiger partial charge in [-0.15, -0.1) is 0 Å². The standard InChI is InChI=1S/C26H28O6/c1-14(2)6-11-18-23(29)19(12-21(28)15(3)4)26-22(25(18)31-5)24(30)20(13-32-26)16-7-9-17(27)10-8-16/h6-10,13,21,27-29H,3,11-12H2,1-2,4-5H3. The minimum Gasteiger partial charge on any atom is -0.508 e. The molecule has 168 valence electrons. The summed E-state index contributed by atoms with van der Waals surface area (Å²) in [6, 6.07) is 6.22. The highest BCUT2D eigenvalue weighted by atomic mass is 16.5. The summed E-state index contributed by atoms with van der Waals surface area (Å²) in [5.41, 5.74) is 3.03. The third kappa shape index (κ3) is 4.41. The number of methoxy groups -OCH3 is 1. The number of phenolic OH excluding ortho intramolecular Hbond substituents is 2. The van der Waals surface area contributed by atoms with Gasteiger partial charge in [0.05, 0.1) is 18.8 Å². The van der Waals surface area contributed by atoms with Crippen molar-refractivity contribution in [2.45, 2.75) is 39.7 Å². The first-order valence-corrected chi connectivity index (χ1v) is 10.3. The first-order chi connectivity index (χ1) is 15.1. The van der Waals surface area contributed by atoms with Crippen LogP contribution in [0.4, 0.5) is 0 Å². The summed E-state index contributed by atoms with van der Waals surface area (Å²) in [6.45, 7) is 9.34. The second kappa shape index (κ2) is 9.32. The molecule has 1 atom stereocenters. The van der Waals surface area contributed by atoms with E-state index in [4.69, 9.17) is 9.15 Å². The molecule has 1 unspecified atom stereocenters. The fraction of sp³-hybridized carbons (Fsp3) is 0.269. The molecule has 1 heterocycles. The summed E-state index contributed by atoms with van der Waals surface area (Å²) in [6.07, 6.45) is 2.70. The Hall–Kier alpha value is -3.51. The fourth-order valence-electron chi connectivity index (χ4n) is 3.56. The van der Waals surface area contributed by atoms with Crippen LogP contribution in [0, 0.1) is 0 Å². The highest BCUT2D eigenvalue weighted by Gasteiger charge is 2.26. The van der Waals surface area contributed by atoms with Gasteiger partial charge in [0.2, 0.25) is 5.43 Å². The van der Waals surface area contributed by atoms with Crippen molar-refractivity contribution in [3.8, 4) is 28.4 Å². The molecular formula is C26H28O6. The normalized spacial score (nSPS) is 11.9. The van der Waals surface area contributed by atoms with Gasteiger partial charge in [0.15, 0.2) is 0 Å². The van der Waals surface area contributed by atoms with Crippen LogP contribution in [0.2, 0.25) is 0 Å². The second-order valence-corrected chi connectivity index (χ2v) is 8.12. The Morgan fingerprint density at radius 2 is 1.81 bits per heavy atom. The third-order valence-corrected chi connectivity index (χ3v) is 5.40. The molecule has 0 aliphatic heterocycles. The zero-order valence-electron chi connectivity index (χ0n) is 18.7. The summed E-state index contributed by atoms with van der Waals surface area (Å²) in [5, 5.41) is 31.3. The molecule has 0 bridgehead atoms. The van der Waals surface area contributed by atoms with Crippen molar-refractivity contribution >= 4 is 11.0 Å². The Balaban J connectivity index is 2.39. The monoisotopic (exact) mass is 436 g/mol. The predicted molar refractivity (Wildman–Crippen MR) is 125 cm³/mol. The lowest BCUT2D eigenvalue weighted by Gasteiger charge is -2.19. The van der Waals surface area contributed by atoms with Crippen molar-refractivity contribution in [3.05, 3.63) is 75.7 Å². The molecule has 0 amide bonds. The predicted octanol–water partition coefficient (Wildman–Crippen LogP) is 4.87. The van der Waals surface area contributed by atoms with Gasteiger partial charge in [-0.25, -0.2) is 0 Å². The minimum atomic E-state index is -0.920. The van der Waals surface area contributed by atoms with Crippen LogP contribution in [0.1, 0.15) is 31.9 Å². The lowest BCUT2D eigenvalue weighted by Crippen LogP contribution is -2.15. The van der Waals surface area contributed by atoms with Crippen molar-refractivity contribution in [1.29, 1.82) is 0 Å². The number of aliphatic hydroxyl groups excluding tert-OH is 1. The molecular weight excluding hydrogens is 408 g/mol. The molecule has 0 saturated carbocycles. The van der Waals surface area contributed by atoms with E-state index in [2.05, 4.69) is 6.58 Å². The van der Waals surface area contributed by atoms with E-state index in [1.807, 2.05) is 19.9 Å². The Labute approximate surface area is 186 Å². The molecule has 3 rings (SSSR count). The first-order valence-electron chi connectivity index (χ1n) is 10.3. The molecule has 6 nitrogen and oxygen atoms in total. The number of aliphatic hydroxyl groups is 1. The van der Waals surface area contributed by atoms with Gasteiger partial charge in [-0.3, -0.25) is 4.79 Å². The number of hydrogen-bond donors (Lipinski definition) is 3. The molecule has 0 aliphatic carbocycles. The summed E-state index contributed by atoms with van der Waals surface area (Å²) in [4.78, 5) is 13.6. The lowest BCUT2D eigenvalue weighted by molar-refractivity contribution is 0.210. The topological polar surface area (TPSA) is 100 Å². The lowest BCUT2D eigenvalue weighted by atomic mass is 9.93. The molecule has 1 aromatic heterocycles. The van der Waals surface area contributed by atoms with Gasteiger partial charge in [-0.2, -0.15) is 0 Å². The van der Waals surface area contributed by atoms with Gasteiger partial charge < -0.3 is 24.5 Å². The highest BCUT2D eigenvalue weighted by Crippen LogP contribution is 2.41. The number of phenols is 2. The number of hydrogen-bond acceptors (Lipinski definition) is 6. The number of fused-ring (bicyclic) bond motifs is 1. The number of aromatic hydroxyl groups is 2. The van der Waals surface area contributed by atoms with Gasteiger partial charge in [-0.1, -0.05) is 35.9 Å². The maximum Gasteiger partial charge on any atom is 0.204 e. The molecule has 0 spiro atoms. The van der Waals surface area contributed by atoms with E-state index < -0.39 is 6.10 Å². The Bertz CT molecular complexity index is 1240. The van der Waals surface area contributed by atoms with E-state index >= 15 is 0 Å². The van der Waals surface area contributed by atoms with Crippen molar-refractivity contribution < 1.29 is 24.5 Å². The van der Waals surface area contributed by atoms with E-state index in [1.165, 1.54) is 25.5 Å². The van der Waals surface area contributed by atoms with E-state index in [9.17, 15) is 20.1 Å². The number of ether oxygens (including phenoxy) is 1. The minimum absolute atomic E-state index is 0.0327. The quantitative estimate of drug-likeness (QED) is 0.457. The maximum atomic E-state index is 13.6. The Morgan fingerprint density at radius 1 is 1.16 bits per heavy atom. The molecule has 0 saturated heterocycles. The van der Waals surface area contributed by atoms with Crippen LogP contribution in [-0.4, -0.2) is 28.5 Å². The van der Waals surface area contributed by atoms with E-state index in [0.29, 0.717) is 34.2 Å². The molecule has 3 aromatic rings. The van der Waals surface area contributed by atoms with Gasteiger partial charge in [0.25, 0.3) is 0 Å². The molecule has 0 radical (unpaired) electrons. The van der Waals surface area contributed by atoms with Crippen LogP contribution in [-0.2, 0) is 12.8 Å². The number of benzene rings is 2. The van der Waals surface area contributed by atoms with Gasteiger partial charge in [-0.05, 0) is 44.9 Å². The van der Waals surface area contributed by atoms with Crippen LogP contribution in [0.5, 0.6) is 17.2 Å². The average molecular weight is 437 g/mol. The number of allylic oxidation sites excluding steroid dienone is 2. The van der Waals surface area contributed by atoms with Crippen molar-refractivity contribution in [1.82, 2.24) is 0 Å². The third-order valence-electron chi connectivity index (χ3n) is 5.40. The smallest absolute Gasteiger partial charge is 0.204 e. The van der Waals surface area contributed by atoms with Gasteiger partial charge in [0.1, 0.15) is 34.5 Å². The van der Waals surface area contributed by atoms with Gasteiger partial charge in [0, 0.05) is 17.5 Å². The molecule has 32 heavy (non-hydrogen) atoms. The maximum absolute atomic E-state index is 13.6. The highest BCUT2D eigenvalue weighted by molar-refractivity contribution is 5.93. The average Bonchev–Trinajstić information content (AvgIpc) is 2.75. The largest absolute Gasteiger partial charge is 0.508 e. The zero-order chi connectivity index (χ0) is 23.6. The summed E-state index contributed by atoms with van der Waals surface area (Å²) >= 11 is 0. The summed E-state index contributed by atoms with van der Waals surface area (Å²) in [7, 11) is 1.44. The van der Waals surface area contributed by atoms with Crippen LogP contribution >= 0.6 is 0 Å². The molecule has 6 heteroatoms. The summed E-state index contributed by atoms with van der Waals surface area (Å²) in [5.74, 6) is 0.243. The van der Waals surface area contributed by atoms with Crippen molar-refractivity contribution in [3.63, 3.8) is 0 Å². The van der Waals surface area contributed by atoms with Crippen LogP contribution in [0.15, 0.2) is 63.5 Å².